The van der Waals surface area contributed by atoms with Gasteiger partial charge in [-0.15, -0.1) is 0 Å². The molecule has 1 saturated heterocycles. The third-order valence-electron chi connectivity index (χ3n) is 3.01. The molecular weight excluding hydrogens is 198 g/mol. The third-order valence-corrected chi connectivity index (χ3v) is 3.01. The number of carboxylic acids is 1. The fourth-order valence-corrected chi connectivity index (χ4v) is 1.70. The smallest absolute Gasteiger partial charge is 0.332 e. The number of amides is 1. The highest BCUT2D eigenvalue weighted by molar-refractivity contribution is 5.83. The summed E-state index contributed by atoms with van der Waals surface area (Å²) in [7, 11) is 0. The second-order valence-electron chi connectivity index (χ2n) is 4.58. The maximum atomic E-state index is 11.6. The van der Waals surface area contributed by atoms with Crippen molar-refractivity contribution < 1.29 is 19.4 Å². The van der Waals surface area contributed by atoms with E-state index in [0.717, 1.165) is 12.8 Å². The summed E-state index contributed by atoms with van der Waals surface area (Å²) in [5, 5.41) is 11.6. The van der Waals surface area contributed by atoms with Crippen LogP contribution in [0.25, 0.3) is 0 Å². The van der Waals surface area contributed by atoms with E-state index >= 15 is 0 Å². The van der Waals surface area contributed by atoms with E-state index in [1.807, 2.05) is 6.92 Å². The first-order valence-corrected chi connectivity index (χ1v) is 5.20. The number of aliphatic carboxylic acids is 1. The Hall–Kier alpha value is -1.10. The van der Waals surface area contributed by atoms with E-state index in [-0.39, 0.29) is 11.4 Å². The lowest BCUT2D eigenvalue weighted by atomic mass is 10.2. The number of carbonyl (C=O) groups excluding carboxylic acids is 1. The van der Waals surface area contributed by atoms with Crippen molar-refractivity contribution in [1.82, 2.24) is 5.32 Å². The molecular formula is C10H15NO4. The van der Waals surface area contributed by atoms with Crippen LogP contribution in [0.2, 0.25) is 0 Å². The van der Waals surface area contributed by atoms with Gasteiger partial charge in [0.25, 0.3) is 0 Å². The molecule has 1 saturated carbocycles. The number of ether oxygens (including phenoxy) is 1. The van der Waals surface area contributed by atoms with Crippen LogP contribution in [0.5, 0.6) is 0 Å². The summed E-state index contributed by atoms with van der Waals surface area (Å²) in [5.41, 5.74) is -0.0677. The van der Waals surface area contributed by atoms with Gasteiger partial charge in [0.05, 0.1) is 0 Å². The van der Waals surface area contributed by atoms with Crippen molar-refractivity contribution in [2.24, 2.45) is 0 Å². The zero-order valence-electron chi connectivity index (χ0n) is 8.66. The lowest BCUT2D eigenvalue weighted by Gasteiger charge is -2.15. The molecule has 0 aromatic heterocycles. The standard InChI is InChI=1S/C10H15NO4/c1-10(4-5-10)11-8(12)6-2-3-7(15-6)9(13)14/h6-7H,2-5H2,1H3,(H,11,12)(H,13,14)/t6-,7+/m0/s1. The van der Waals surface area contributed by atoms with E-state index in [1.165, 1.54) is 0 Å². The van der Waals surface area contributed by atoms with Crippen LogP contribution < -0.4 is 5.32 Å². The van der Waals surface area contributed by atoms with Crippen molar-refractivity contribution in [2.45, 2.75) is 50.4 Å². The summed E-state index contributed by atoms with van der Waals surface area (Å²) in [6.45, 7) is 1.98. The molecule has 0 aromatic rings. The Labute approximate surface area is 87.8 Å². The second kappa shape index (κ2) is 3.48. The van der Waals surface area contributed by atoms with Crippen molar-refractivity contribution in [3.8, 4) is 0 Å². The average Bonchev–Trinajstić information content (AvgIpc) is 2.70. The summed E-state index contributed by atoms with van der Waals surface area (Å²) in [5.74, 6) is -1.15. The van der Waals surface area contributed by atoms with Crippen LogP contribution in [-0.4, -0.2) is 34.7 Å². The molecule has 0 unspecified atom stereocenters. The Morgan fingerprint density at radius 1 is 1.33 bits per heavy atom. The number of carbonyl (C=O) groups is 2. The largest absolute Gasteiger partial charge is 0.479 e. The molecule has 0 spiro atoms. The molecule has 0 bridgehead atoms. The molecule has 2 rings (SSSR count). The van der Waals surface area contributed by atoms with Crippen LogP contribution in [0, 0.1) is 0 Å². The molecule has 1 heterocycles. The van der Waals surface area contributed by atoms with Crippen LogP contribution in [0.4, 0.5) is 0 Å². The van der Waals surface area contributed by atoms with E-state index in [2.05, 4.69) is 5.32 Å². The minimum atomic E-state index is -0.983. The van der Waals surface area contributed by atoms with Gasteiger partial charge in [0.1, 0.15) is 6.10 Å². The monoisotopic (exact) mass is 213 g/mol. The molecule has 5 heteroatoms. The zero-order valence-corrected chi connectivity index (χ0v) is 8.66. The van der Waals surface area contributed by atoms with Gasteiger partial charge in [0.15, 0.2) is 6.10 Å². The highest BCUT2D eigenvalue weighted by Gasteiger charge is 2.42. The summed E-state index contributed by atoms with van der Waals surface area (Å²) >= 11 is 0. The number of hydrogen-bond donors (Lipinski definition) is 2. The Morgan fingerprint density at radius 2 is 1.93 bits per heavy atom. The molecule has 2 N–H and O–H groups in total. The van der Waals surface area contributed by atoms with Gasteiger partial charge < -0.3 is 15.2 Å². The van der Waals surface area contributed by atoms with Crippen molar-refractivity contribution in [2.75, 3.05) is 0 Å². The normalized spacial score (nSPS) is 32.3. The molecule has 15 heavy (non-hydrogen) atoms. The number of carboxylic acid groups (broad SMARTS) is 1. The first kappa shape index (κ1) is 10.4. The molecule has 1 amide bonds. The predicted molar refractivity (Wildman–Crippen MR) is 51.3 cm³/mol. The Morgan fingerprint density at radius 3 is 2.40 bits per heavy atom. The quantitative estimate of drug-likeness (QED) is 0.706. The van der Waals surface area contributed by atoms with Crippen molar-refractivity contribution in [3.63, 3.8) is 0 Å². The summed E-state index contributed by atoms with van der Waals surface area (Å²) in [6, 6.07) is 0. The SMILES string of the molecule is CC1(NC(=O)[C@@H]2CC[C@H](C(=O)O)O2)CC1. The third kappa shape index (κ3) is 2.28. The van der Waals surface area contributed by atoms with Crippen LogP contribution >= 0.6 is 0 Å². The number of rotatable bonds is 3. The van der Waals surface area contributed by atoms with E-state index in [4.69, 9.17) is 9.84 Å². The van der Waals surface area contributed by atoms with E-state index in [1.54, 1.807) is 0 Å². The molecule has 5 nitrogen and oxygen atoms in total. The molecule has 2 fully saturated rings. The fraction of sp³-hybridized carbons (Fsp3) is 0.800. The Balaban J connectivity index is 1.85. The second-order valence-corrected chi connectivity index (χ2v) is 4.58. The van der Waals surface area contributed by atoms with Crippen molar-refractivity contribution >= 4 is 11.9 Å². The number of nitrogens with one attached hydrogen (secondary N) is 1. The van der Waals surface area contributed by atoms with Crippen LogP contribution in [-0.2, 0) is 14.3 Å². The van der Waals surface area contributed by atoms with Gasteiger partial charge in [-0.3, -0.25) is 4.79 Å². The van der Waals surface area contributed by atoms with E-state index < -0.39 is 18.2 Å². The molecule has 2 atom stereocenters. The summed E-state index contributed by atoms with van der Waals surface area (Å²) in [6.07, 6.45) is 1.52. The van der Waals surface area contributed by atoms with Gasteiger partial charge >= 0.3 is 5.97 Å². The molecule has 2 aliphatic rings. The Bertz CT molecular complexity index is 298. The van der Waals surface area contributed by atoms with Crippen molar-refractivity contribution in [3.05, 3.63) is 0 Å². The lowest BCUT2D eigenvalue weighted by Crippen LogP contribution is -2.41. The minimum absolute atomic E-state index is 0.0677. The van der Waals surface area contributed by atoms with E-state index in [0.29, 0.717) is 12.8 Å². The highest BCUT2D eigenvalue weighted by atomic mass is 16.5. The predicted octanol–water partition coefficient (Wildman–Crippen LogP) is 0.287. The van der Waals surface area contributed by atoms with Gasteiger partial charge in [-0.1, -0.05) is 0 Å². The molecule has 0 radical (unpaired) electrons. The maximum absolute atomic E-state index is 11.6. The minimum Gasteiger partial charge on any atom is -0.479 e. The fourth-order valence-electron chi connectivity index (χ4n) is 1.70. The first-order chi connectivity index (χ1) is 7.00. The van der Waals surface area contributed by atoms with Gasteiger partial charge in [0, 0.05) is 5.54 Å². The molecule has 0 aromatic carbocycles. The van der Waals surface area contributed by atoms with Crippen LogP contribution in [0.15, 0.2) is 0 Å². The van der Waals surface area contributed by atoms with Gasteiger partial charge in [0.2, 0.25) is 5.91 Å². The lowest BCUT2D eigenvalue weighted by molar-refractivity contribution is -0.151. The summed E-state index contributed by atoms with van der Waals surface area (Å²) in [4.78, 5) is 22.3. The first-order valence-electron chi connectivity index (χ1n) is 5.20. The maximum Gasteiger partial charge on any atom is 0.332 e. The highest BCUT2D eigenvalue weighted by Crippen LogP contribution is 2.34. The van der Waals surface area contributed by atoms with Gasteiger partial charge in [-0.05, 0) is 32.6 Å². The number of hydrogen-bond acceptors (Lipinski definition) is 3. The average molecular weight is 213 g/mol. The van der Waals surface area contributed by atoms with E-state index in [9.17, 15) is 9.59 Å². The van der Waals surface area contributed by atoms with Crippen LogP contribution in [0.3, 0.4) is 0 Å². The molecule has 1 aliphatic carbocycles. The molecule has 1 aliphatic heterocycles. The zero-order chi connectivity index (χ0) is 11.1. The van der Waals surface area contributed by atoms with Gasteiger partial charge in [-0.2, -0.15) is 0 Å². The topological polar surface area (TPSA) is 75.6 Å². The van der Waals surface area contributed by atoms with Crippen LogP contribution in [0.1, 0.15) is 32.6 Å². The summed E-state index contributed by atoms with van der Waals surface area (Å²) < 4.78 is 5.15. The van der Waals surface area contributed by atoms with Crippen molar-refractivity contribution in [1.29, 1.82) is 0 Å². The Kier molecular flexibility index (Phi) is 2.42. The van der Waals surface area contributed by atoms with Gasteiger partial charge in [-0.25, -0.2) is 4.79 Å². The molecule has 84 valence electrons.